The topological polar surface area (TPSA) is 68.3 Å². The molecule has 7 nitrogen and oxygen atoms in total. The molecule has 0 saturated heterocycles. The number of hydrogen-bond donors (Lipinski definition) is 0. The summed E-state index contributed by atoms with van der Waals surface area (Å²) in [6.07, 6.45) is -3.08. The lowest BCUT2D eigenvalue weighted by molar-refractivity contribution is -0.142. The van der Waals surface area contributed by atoms with E-state index in [4.69, 9.17) is 0 Å². The van der Waals surface area contributed by atoms with Gasteiger partial charge >= 0.3 is 6.18 Å². The summed E-state index contributed by atoms with van der Waals surface area (Å²) >= 11 is 0. The first kappa shape index (κ1) is 22.5. The predicted molar refractivity (Wildman–Crippen MR) is 117 cm³/mol. The fourth-order valence-electron chi connectivity index (χ4n) is 3.53. The summed E-state index contributed by atoms with van der Waals surface area (Å²) in [6.45, 7) is 4.31. The van der Waals surface area contributed by atoms with Crippen molar-refractivity contribution in [3.63, 3.8) is 0 Å². The summed E-state index contributed by atoms with van der Waals surface area (Å²) in [6, 6.07) is 11.2. The van der Waals surface area contributed by atoms with Crippen molar-refractivity contribution in [1.82, 2.24) is 29.3 Å². The fourth-order valence-corrected chi connectivity index (χ4v) is 3.53. The predicted octanol–water partition coefficient (Wildman–Crippen LogP) is 4.54. The first-order valence-corrected chi connectivity index (χ1v) is 10.4. The van der Waals surface area contributed by atoms with Crippen LogP contribution in [-0.2, 0) is 19.8 Å². The van der Waals surface area contributed by atoms with Crippen molar-refractivity contribution < 1.29 is 18.0 Å². The van der Waals surface area contributed by atoms with E-state index < -0.39 is 17.8 Å². The lowest BCUT2D eigenvalue weighted by atomic mass is 10.0. The number of rotatable bonds is 5. The summed E-state index contributed by atoms with van der Waals surface area (Å²) in [5.74, 6) is -0.218. The summed E-state index contributed by atoms with van der Waals surface area (Å²) in [4.78, 5) is 18.6. The zero-order chi connectivity index (χ0) is 23.9. The number of alkyl halides is 3. The second kappa shape index (κ2) is 8.34. The highest BCUT2D eigenvalue weighted by atomic mass is 19.4. The Morgan fingerprint density at radius 2 is 1.82 bits per heavy atom. The molecule has 172 valence electrons. The minimum Gasteiger partial charge on any atom is -0.334 e. The molecule has 3 heterocycles. The molecule has 0 bridgehead atoms. The number of carbonyl (C=O) groups excluding carboxylic acids is 1. The Kier molecular flexibility index (Phi) is 5.69. The molecule has 0 aliphatic rings. The number of fused-ring (bicyclic) bond motifs is 1. The minimum absolute atomic E-state index is 0.0509. The number of aryl methyl sites for hydroxylation is 1. The second-order valence-corrected chi connectivity index (χ2v) is 8.21. The van der Waals surface area contributed by atoms with Crippen LogP contribution in [0, 0.1) is 0 Å². The molecule has 0 radical (unpaired) electrons. The molecule has 4 rings (SSSR count). The number of nitrogens with zero attached hydrogens (tertiary/aromatic N) is 6. The van der Waals surface area contributed by atoms with Crippen LogP contribution < -0.4 is 0 Å². The van der Waals surface area contributed by atoms with Gasteiger partial charge in [0.2, 0.25) is 0 Å². The number of hydrogen-bond acceptors (Lipinski definition) is 4. The van der Waals surface area contributed by atoms with E-state index in [0.29, 0.717) is 16.0 Å². The highest BCUT2D eigenvalue weighted by Crippen LogP contribution is 2.32. The molecule has 4 aromatic rings. The van der Waals surface area contributed by atoms with Gasteiger partial charge in [-0.3, -0.25) is 9.48 Å². The molecule has 1 aromatic carbocycles. The van der Waals surface area contributed by atoms with E-state index in [9.17, 15) is 18.0 Å². The van der Waals surface area contributed by atoms with Crippen LogP contribution in [0.15, 0.2) is 48.7 Å². The Bertz CT molecular complexity index is 1300. The molecule has 0 spiro atoms. The van der Waals surface area contributed by atoms with E-state index in [-0.39, 0.29) is 23.6 Å². The molecule has 0 aliphatic carbocycles. The standard InChI is InChI=1S/C23H23F3N6O/c1-14(2)15-5-7-16(8-6-15)18-11-20(23(24,25)26)32-21(28-18)12-19(29-32)22(33)30(3)13-17-9-10-27-31(17)4/h5-12,14H,13H2,1-4H3. The number of benzene rings is 1. The third kappa shape index (κ3) is 4.46. The summed E-state index contributed by atoms with van der Waals surface area (Å²) < 4.78 is 43.9. The van der Waals surface area contributed by atoms with Gasteiger partial charge in [0.05, 0.1) is 17.9 Å². The van der Waals surface area contributed by atoms with Crippen molar-refractivity contribution in [1.29, 1.82) is 0 Å². The zero-order valence-corrected chi connectivity index (χ0v) is 18.6. The van der Waals surface area contributed by atoms with Crippen LogP contribution in [-0.4, -0.2) is 42.2 Å². The number of carbonyl (C=O) groups is 1. The van der Waals surface area contributed by atoms with Gasteiger partial charge in [-0.05, 0) is 23.6 Å². The molecule has 0 fully saturated rings. The third-order valence-electron chi connectivity index (χ3n) is 5.48. The number of aromatic nitrogens is 5. The average Bonchev–Trinajstić information content (AvgIpc) is 3.37. The Hall–Kier alpha value is -3.69. The van der Waals surface area contributed by atoms with E-state index in [1.165, 1.54) is 11.0 Å². The van der Waals surface area contributed by atoms with Gasteiger partial charge in [-0.15, -0.1) is 0 Å². The quantitative estimate of drug-likeness (QED) is 0.442. The van der Waals surface area contributed by atoms with Crippen LogP contribution in [0.4, 0.5) is 13.2 Å². The summed E-state index contributed by atoms with van der Waals surface area (Å²) in [7, 11) is 3.30. The van der Waals surface area contributed by atoms with Crippen molar-refractivity contribution in [2.75, 3.05) is 7.05 Å². The van der Waals surface area contributed by atoms with Crippen LogP contribution in [0.2, 0.25) is 0 Å². The average molecular weight is 456 g/mol. The molecular weight excluding hydrogens is 433 g/mol. The Morgan fingerprint density at radius 3 is 2.39 bits per heavy atom. The maximum atomic E-state index is 13.9. The minimum atomic E-state index is -4.68. The van der Waals surface area contributed by atoms with E-state index in [1.807, 2.05) is 26.0 Å². The van der Waals surface area contributed by atoms with E-state index in [0.717, 1.165) is 17.3 Å². The maximum Gasteiger partial charge on any atom is 0.433 e. The largest absolute Gasteiger partial charge is 0.433 e. The van der Waals surface area contributed by atoms with Crippen molar-refractivity contribution in [3.8, 4) is 11.3 Å². The Labute approximate surface area is 188 Å². The molecular formula is C23H23F3N6O. The van der Waals surface area contributed by atoms with Gasteiger partial charge in [0, 0.05) is 31.9 Å². The van der Waals surface area contributed by atoms with Gasteiger partial charge < -0.3 is 4.90 Å². The van der Waals surface area contributed by atoms with Gasteiger partial charge in [-0.1, -0.05) is 38.1 Å². The first-order valence-electron chi connectivity index (χ1n) is 10.4. The maximum absolute atomic E-state index is 13.9. The van der Waals surface area contributed by atoms with Crippen molar-refractivity contribution >= 4 is 11.6 Å². The second-order valence-electron chi connectivity index (χ2n) is 8.21. The Morgan fingerprint density at radius 1 is 1.12 bits per heavy atom. The lowest BCUT2D eigenvalue weighted by Gasteiger charge is -2.15. The van der Waals surface area contributed by atoms with Gasteiger partial charge in [0.25, 0.3) is 5.91 Å². The fraction of sp³-hybridized carbons (Fsp3) is 0.304. The zero-order valence-electron chi connectivity index (χ0n) is 18.6. The number of halogens is 3. The van der Waals surface area contributed by atoms with Crippen LogP contribution in [0.25, 0.3) is 16.9 Å². The molecule has 0 aliphatic heterocycles. The molecule has 0 atom stereocenters. The molecule has 0 N–H and O–H groups in total. The molecule has 3 aromatic heterocycles. The van der Waals surface area contributed by atoms with Crippen LogP contribution in [0.5, 0.6) is 0 Å². The smallest absolute Gasteiger partial charge is 0.334 e. The normalized spacial score (nSPS) is 12.0. The van der Waals surface area contributed by atoms with E-state index in [2.05, 4.69) is 15.2 Å². The molecule has 0 saturated carbocycles. The van der Waals surface area contributed by atoms with Gasteiger partial charge in [0.15, 0.2) is 17.0 Å². The summed E-state index contributed by atoms with van der Waals surface area (Å²) in [5, 5.41) is 8.00. The highest BCUT2D eigenvalue weighted by molar-refractivity contribution is 5.93. The SMILES string of the molecule is CC(C)c1ccc(-c2cc(C(F)(F)F)n3nc(C(=O)N(C)Cc4ccnn4C)cc3n2)cc1. The van der Waals surface area contributed by atoms with Gasteiger partial charge in [0.1, 0.15) is 0 Å². The molecule has 33 heavy (non-hydrogen) atoms. The molecule has 1 amide bonds. The monoisotopic (exact) mass is 456 g/mol. The van der Waals surface area contributed by atoms with Crippen LogP contribution in [0.1, 0.15) is 47.2 Å². The third-order valence-corrected chi connectivity index (χ3v) is 5.48. The van der Waals surface area contributed by atoms with E-state index >= 15 is 0 Å². The van der Waals surface area contributed by atoms with Crippen LogP contribution >= 0.6 is 0 Å². The first-order chi connectivity index (χ1) is 15.5. The highest BCUT2D eigenvalue weighted by Gasteiger charge is 2.36. The number of amides is 1. The van der Waals surface area contributed by atoms with Crippen molar-refractivity contribution in [2.24, 2.45) is 7.05 Å². The van der Waals surface area contributed by atoms with Crippen LogP contribution in [0.3, 0.4) is 0 Å². The molecule has 10 heteroatoms. The molecule has 0 unspecified atom stereocenters. The van der Waals surface area contributed by atoms with Gasteiger partial charge in [-0.2, -0.15) is 23.4 Å². The van der Waals surface area contributed by atoms with Gasteiger partial charge in [-0.25, -0.2) is 9.50 Å². The van der Waals surface area contributed by atoms with E-state index in [1.54, 1.807) is 43.2 Å². The van der Waals surface area contributed by atoms with Crippen molar-refractivity contribution in [2.45, 2.75) is 32.5 Å². The summed E-state index contributed by atoms with van der Waals surface area (Å²) in [5.41, 5.74) is 1.39. The van der Waals surface area contributed by atoms with Crippen molar-refractivity contribution in [3.05, 3.63) is 71.3 Å². The lowest BCUT2D eigenvalue weighted by Crippen LogP contribution is -2.27. The Balaban J connectivity index is 1.74.